The van der Waals surface area contributed by atoms with Gasteiger partial charge in [0.2, 0.25) is 0 Å². The van der Waals surface area contributed by atoms with Gasteiger partial charge in [-0.3, -0.25) is 4.79 Å². The maximum atomic E-state index is 13.2. The highest BCUT2D eigenvalue weighted by Gasteiger charge is 2.41. The highest BCUT2D eigenvalue weighted by Crippen LogP contribution is 2.45. The lowest BCUT2D eigenvalue weighted by molar-refractivity contribution is -0.126. The third kappa shape index (κ3) is 4.56. The summed E-state index contributed by atoms with van der Waals surface area (Å²) >= 11 is 1.63. The second kappa shape index (κ2) is 8.85. The lowest BCUT2D eigenvalue weighted by Gasteiger charge is -2.36. The molecule has 1 aliphatic rings. The van der Waals surface area contributed by atoms with E-state index >= 15 is 0 Å². The van der Waals surface area contributed by atoms with Crippen molar-refractivity contribution in [1.82, 2.24) is 0 Å². The summed E-state index contributed by atoms with van der Waals surface area (Å²) in [6.45, 7) is 0. The zero-order valence-electron chi connectivity index (χ0n) is 14.9. The summed E-state index contributed by atoms with van der Waals surface area (Å²) in [6, 6.07) is 19.0. The van der Waals surface area contributed by atoms with Gasteiger partial charge in [0.15, 0.2) is 5.78 Å². The Morgan fingerprint density at radius 1 is 0.923 bits per heavy atom. The Bertz CT molecular complexity index is 696. The lowest BCUT2D eigenvalue weighted by Crippen LogP contribution is -2.40. The minimum Gasteiger partial charge on any atom is -0.390 e. The third-order valence-corrected chi connectivity index (χ3v) is 6.66. The SMILES string of the molecule is O=C(C[C@@H](O)[C@H](O)c1ccccc1)C1(Sc2ccccc2)CCCCC1. The maximum Gasteiger partial charge on any atom is 0.151 e. The Labute approximate surface area is 159 Å². The van der Waals surface area contributed by atoms with Crippen LogP contribution < -0.4 is 0 Å². The molecule has 1 fully saturated rings. The number of thioether (sulfide) groups is 1. The number of aliphatic hydroxyl groups is 2. The number of rotatable bonds is 7. The monoisotopic (exact) mass is 370 g/mol. The zero-order valence-corrected chi connectivity index (χ0v) is 15.7. The smallest absolute Gasteiger partial charge is 0.151 e. The molecule has 2 aromatic rings. The first kappa shape index (κ1) is 19.2. The normalized spacial score (nSPS) is 18.8. The Balaban J connectivity index is 1.73. The van der Waals surface area contributed by atoms with Gasteiger partial charge in [-0.05, 0) is 30.5 Å². The molecule has 0 bridgehead atoms. The number of carbonyl (C=O) groups excluding carboxylic acids is 1. The fourth-order valence-electron chi connectivity index (χ4n) is 3.63. The van der Waals surface area contributed by atoms with Gasteiger partial charge in [0.1, 0.15) is 6.10 Å². The molecule has 1 aliphatic carbocycles. The number of hydrogen-bond acceptors (Lipinski definition) is 4. The van der Waals surface area contributed by atoms with E-state index in [-0.39, 0.29) is 12.2 Å². The molecule has 26 heavy (non-hydrogen) atoms. The van der Waals surface area contributed by atoms with Crippen LogP contribution in [0, 0.1) is 0 Å². The molecular weight excluding hydrogens is 344 g/mol. The summed E-state index contributed by atoms with van der Waals surface area (Å²) in [4.78, 5) is 14.3. The van der Waals surface area contributed by atoms with Crippen molar-refractivity contribution in [3.63, 3.8) is 0 Å². The number of carbonyl (C=O) groups is 1. The predicted octanol–water partition coefficient (Wildman–Crippen LogP) is 4.54. The Hall–Kier alpha value is -1.62. The van der Waals surface area contributed by atoms with E-state index in [1.807, 2.05) is 48.5 Å². The topological polar surface area (TPSA) is 57.5 Å². The minimum atomic E-state index is -1.08. The van der Waals surface area contributed by atoms with E-state index in [0.717, 1.165) is 37.0 Å². The average Bonchev–Trinajstić information content (AvgIpc) is 2.69. The molecular formula is C22H26O3S. The maximum absolute atomic E-state index is 13.2. The highest BCUT2D eigenvalue weighted by atomic mass is 32.2. The molecule has 0 spiro atoms. The van der Waals surface area contributed by atoms with Gasteiger partial charge >= 0.3 is 0 Å². The van der Waals surface area contributed by atoms with Crippen molar-refractivity contribution in [3.05, 3.63) is 66.2 Å². The molecule has 0 heterocycles. The van der Waals surface area contributed by atoms with Gasteiger partial charge in [0, 0.05) is 11.3 Å². The molecule has 0 aromatic heterocycles. The van der Waals surface area contributed by atoms with Crippen molar-refractivity contribution in [2.24, 2.45) is 0 Å². The molecule has 0 radical (unpaired) electrons. The van der Waals surface area contributed by atoms with Crippen LogP contribution in [0.15, 0.2) is 65.6 Å². The summed E-state index contributed by atoms with van der Waals surface area (Å²) in [5.41, 5.74) is 0.640. The molecule has 3 rings (SSSR count). The molecule has 2 atom stereocenters. The van der Waals surface area contributed by atoms with Crippen LogP contribution in [0.3, 0.4) is 0 Å². The second-order valence-corrected chi connectivity index (χ2v) is 8.48. The number of ketones is 1. The van der Waals surface area contributed by atoms with E-state index in [4.69, 9.17) is 0 Å². The fraction of sp³-hybridized carbons (Fsp3) is 0.409. The van der Waals surface area contributed by atoms with Crippen LogP contribution >= 0.6 is 11.8 Å². The van der Waals surface area contributed by atoms with E-state index in [9.17, 15) is 15.0 Å². The third-order valence-electron chi connectivity index (χ3n) is 5.13. The first-order chi connectivity index (χ1) is 12.6. The quantitative estimate of drug-likeness (QED) is 0.751. The minimum absolute atomic E-state index is 0.0180. The molecule has 0 saturated heterocycles. The van der Waals surface area contributed by atoms with Crippen molar-refractivity contribution >= 4 is 17.5 Å². The van der Waals surface area contributed by atoms with E-state index in [2.05, 4.69) is 0 Å². The first-order valence-electron chi connectivity index (χ1n) is 9.29. The molecule has 1 saturated carbocycles. The molecule has 4 heteroatoms. The van der Waals surface area contributed by atoms with Gasteiger partial charge in [-0.2, -0.15) is 0 Å². The number of hydrogen-bond donors (Lipinski definition) is 2. The molecule has 0 amide bonds. The average molecular weight is 371 g/mol. The van der Waals surface area contributed by atoms with Gasteiger partial charge in [0.25, 0.3) is 0 Å². The Kier molecular flexibility index (Phi) is 6.52. The van der Waals surface area contributed by atoms with E-state index < -0.39 is 17.0 Å². The van der Waals surface area contributed by atoms with Crippen LogP contribution in [0.1, 0.15) is 50.2 Å². The van der Waals surface area contributed by atoms with Crippen molar-refractivity contribution in [3.8, 4) is 0 Å². The molecule has 2 N–H and O–H groups in total. The second-order valence-electron chi connectivity index (χ2n) is 7.02. The van der Waals surface area contributed by atoms with Crippen LogP contribution in [-0.4, -0.2) is 26.8 Å². The fourth-order valence-corrected chi connectivity index (χ4v) is 5.07. The largest absolute Gasteiger partial charge is 0.390 e. The van der Waals surface area contributed by atoms with Gasteiger partial charge in [-0.15, -0.1) is 11.8 Å². The number of benzene rings is 2. The number of Topliss-reactive ketones (excluding diaryl/α,β-unsaturated/α-hetero) is 1. The summed E-state index contributed by atoms with van der Waals surface area (Å²) in [5, 5.41) is 20.9. The lowest BCUT2D eigenvalue weighted by atomic mass is 9.82. The van der Waals surface area contributed by atoms with Crippen LogP contribution in [-0.2, 0) is 4.79 Å². The predicted molar refractivity (Wildman–Crippen MR) is 105 cm³/mol. The van der Waals surface area contributed by atoms with Crippen molar-refractivity contribution in [1.29, 1.82) is 0 Å². The van der Waals surface area contributed by atoms with E-state index in [1.54, 1.807) is 23.9 Å². The van der Waals surface area contributed by atoms with Crippen molar-refractivity contribution < 1.29 is 15.0 Å². The van der Waals surface area contributed by atoms with Gasteiger partial charge in [-0.1, -0.05) is 67.8 Å². The van der Waals surface area contributed by atoms with Crippen molar-refractivity contribution in [2.45, 2.75) is 60.4 Å². The number of aliphatic hydroxyl groups excluding tert-OH is 2. The summed E-state index contributed by atoms with van der Waals surface area (Å²) in [7, 11) is 0. The first-order valence-corrected chi connectivity index (χ1v) is 10.1. The Morgan fingerprint density at radius 3 is 2.12 bits per heavy atom. The summed E-state index contributed by atoms with van der Waals surface area (Å²) in [6.07, 6.45) is 2.74. The standard InChI is InChI=1S/C22H26O3S/c23-19(21(25)17-10-4-1-5-11-17)16-20(24)22(14-8-3-9-15-22)26-18-12-6-2-7-13-18/h1-2,4-7,10-13,19,21,23,25H,3,8-9,14-16H2/t19-,21-/m1/s1. The van der Waals surface area contributed by atoms with Gasteiger partial charge in [0.05, 0.1) is 10.9 Å². The van der Waals surface area contributed by atoms with E-state index in [0.29, 0.717) is 5.56 Å². The van der Waals surface area contributed by atoms with Gasteiger partial charge in [-0.25, -0.2) is 0 Å². The van der Waals surface area contributed by atoms with Gasteiger partial charge < -0.3 is 10.2 Å². The molecule has 0 aliphatic heterocycles. The zero-order chi connectivity index (χ0) is 18.4. The van der Waals surface area contributed by atoms with Crippen LogP contribution in [0.25, 0.3) is 0 Å². The molecule has 2 aromatic carbocycles. The Morgan fingerprint density at radius 2 is 1.50 bits per heavy atom. The van der Waals surface area contributed by atoms with E-state index in [1.165, 1.54) is 0 Å². The van der Waals surface area contributed by atoms with Crippen molar-refractivity contribution in [2.75, 3.05) is 0 Å². The molecule has 138 valence electrons. The van der Waals surface area contributed by atoms with Crippen LogP contribution in [0.5, 0.6) is 0 Å². The molecule has 0 unspecified atom stereocenters. The summed E-state index contributed by atoms with van der Waals surface area (Å²) in [5.74, 6) is 0.0496. The summed E-state index contributed by atoms with van der Waals surface area (Å²) < 4.78 is -0.489. The van der Waals surface area contributed by atoms with Crippen LogP contribution in [0.4, 0.5) is 0 Å². The highest BCUT2D eigenvalue weighted by molar-refractivity contribution is 8.01. The molecule has 3 nitrogen and oxygen atoms in total. The van der Waals surface area contributed by atoms with Crippen LogP contribution in [0.2, 0.25) is 0 Å².